The van der Waals surface area contributed by atoms with Crippen molar-refractivity contribution in [2.75, 3.05) is 17.7 Å². The van der Waals surface area contributed by atoms with Crippen LogP contribution in [0.3, 0.4) is 0 Å². The van der Waals surface area contributed by atoms with Crippen molar-refractivity contribution in [3.05, 3.63) is 22.5 Å². The highest BCUT2D eigenvalue weighted by molar-refractivity contribution is 7.09. The number of nitrogens with one attached hydrogen (secondary N) is 1. The van der Waals surface area contributed by atoms with Crippen molar-refractivity contribution >= 4 is 29.0 Å². The molecule has 0 aliphatic heterocycles. The molecule has 0 radical (unpaired) electrons. The van der Waals surface area contributed by atoms with E-state index in [9.17, 15) is 0 Å². The van der Waals surface area contributed by atoms with Gasteiger partial charge in [-0.3, -0.25) is 0 Å². The molecule has 5 nitrogen and oxygen atoms in total. The average molecular weight is 259 g/mol. The van der Waals surface area contributed by atoms with Crippen LogP contribution in [0.25, 0.3) is 0 Å². The molecule has 2 heterocycles. The van der Waals surface area contributed by atoms with Gasteiger partial charge in [-0.15, -0.1) is 28.0 Å². The minimum atomic E-state index is 0.441. The van der Waals surface area contributed by atoms with Gasteiger partial charge in [-0.2, -0.15) is 0 Å². The van der Waals surface area contributed by atoms with Crippen LogP contribution < -0.4 is 5.32 Å². The first kappa shape index (κ1) is 11.3. The topological polar surface area (TPSA) is 63.8 Å². The molecule has 0 bridgehead atoms. The molecule has 0 unspecified atom stereocenters. The van der Waals surface area contributed by atoms with Crippen molar-refractivity contribution in [2.24, 2.45) is 0 Å². The first-order chi connectivity index (χ1) is 7.88. The Labute approximate surface area is 102 Å². The third-order valence-electron chi connectivity index (χ3n) is 1.87. The number of aromatic nitrogens is 3. The minimum absolute atomic E-state index is 0.441. The van der Waals surface area contributed by atoms with Crippen LogP contribution in [0, 0.1) is 0 Å². The monoisotopic (exact) mass is 258 g/mol. The van der Waals surface area contributed by atoms with Crippen LogP contribution in [0.5, 0.6) is 0 Å². The molecule has 0 saturated heterocycles. The maximum atomic E-state index is 5.56. The van der Waals surface area contributed by atoms with Gasteiger partial charge in [0.1, 0.15) is 0 Å². The molecule has 1 N–H and O–H groups in total. The van der Waals surface area contributed by atoms with Crippen molar-refractivity contribution < 1.29 is 4.42 Å². The third-order valence-corrected chi connectivity index (χ3v) is 2.90. The molecule has 0 amide bonds. The summed E-state index contributed by atoms with van der Waals surface area (Å²) in [6.45, 7) is 0.732. The summed E-state index contributed by atoms with van der Waals surface area (Å²) >= 11 is 7.20. The van der Waals surface area contributed by atoms with Gasteiger partial charge in [0.05, 0.1) is 5.01 Å². The van der Waals surface area contributed by atoms with Gasteiger partial charge in [0, 0.05) is 36.8 Å². The van der Waals surface area contributed by atoms with E-state index in [0.29, 0.717) is 24.2 Å². The lowest BCUT2D eigenvalue weighted by Crippen LogP contribution is -2.04. The Bertz CT molecular complexity index is 417. The second-order valence-corrected chi connectivity index (χ2v) is 4.40. The van der Waals surface area contributed by atoms with E-state index in [-0.39, 0.29) is 0 Å². The summed E-state index contributed by atoms with van der Waals surface area (Å²) < 4.78 is 5.31. The van der Waals surface area contributed by atoms with E-state index in [1.807, 2.05) is 5.38 Å². The Morgan fingerprint density at radius 1 is 1.38 bits per heavy atom. The largest absolute Gasteiger partial charge is 0.408 e. The molecule has 0 atom stereocenters. The standard InChI is InChI=1S/C9H11ClN4OS/c10-3-1-7-13-14-9(15-7)12-4-2-8-11-5-6-16-8/h5-6H,1-4H2,(H,12,14). The van der Waals surface area contributed by atoms with Crippen LogP contribution in [-0.4, -0.2) is 27.6 Å². The number of hydrogen-bond donors (Lipinski definition) is 1. The molecule has 0 aliphatic rings. The smallest absolute Gasteiger partial charge is 0.315 e. The van der Waals surface area contributed by atoms with Crippen LogP contribution in [0.2, 0.25) is 0 Å². The molecule has 2 aromatic heterocycles. The van der Waals surface area contributed by atoms with E-state index in [0.717, 1.165) is 18.0 Å². The summed E-state index contributed by atoms with van der Waals surface area (Å²) in [6.07, 6.45) is 3.25. The molecule has 16 heavy (non-hydrogen) atoms. The van der Waals surface area contributed by atoms with Crippen LogP contribution in [0.4, 0.5) is 6.01 Å². The minimum Gasteiger partial charge on any atom is -0.408 e. The van der Waals surface area contributed by atoms with Gasteiger partial charge in [-0.25, -0.2) is 4.98 Å². The molecule has 2 aromatic rings. The van der Waals surface area contributed by atoms with E-state index >= 15 is 0 Å². The summed E-state index contributed by atoms with van der Waals surface area (Å²) in [7, 11) is 0. The lowest BCUT2D eigenvalue weighted by molar-refractivity contribution is 0.512. The van der Waals surface area contributed by atoms with E-state index in [2.05, 4.69) is 20.5 Å². The molecule has 86 valence electrons. The van der Waals surface area contributed by atoms with Crippen LogP contribution in [-0.2, 0) is 12.8 Å². The number of hydrogen-bond acceptors (Lipinski definition) is 6. The second kappa shape index (κ2) is 5.81. The molecule has 0 saturated carbocycles. The Hall–Kier alpha value is -1.14. The summed E-state index contributed by atoms with van der Waals surface area (Å²) in [6, 6.07) is 0.441. The molecule has 0 aliphatic carbocycles. The fourth-order valence-corrected chi connectivity index (χ4v) is 1.94. The number of aryl methyl sites for hydroxylation is 1. The van der Waals surface area contributed by atoms with E-state index in [1.165, 1.54) is 0 Å². The maximum absolute atomic E-state index is 5.56. The summed E-state index contributed by atoms with van der Waals surface area (Å²) in [5.74, 6) is 1.05. The summed E-state index contributed by atoms with van der Waals surface area (Å²) in [5, 5.41) is 13.8. The highest BCUT2D eigenvalue weighted by Gasteiger charge is 2.04. The SMILES string of the molecule is ClCCc1nnc(NCCc2nccs2)o1. The molecule has 7 heteroatoms. The molecule has 0 aromatic carbocycles. The normalized spacial score (nSPS) is 10.6. The fraction of sp³-hybridized carbons (Fsp3) is 0.444. The zero-order chi connectivity index (χ0) is 11.2. The molecular weight excluding hydrogens is 248 g/mol. The first-order valence-corrected chi connectivity index (χ1v) is 6.30. The number of halogens is 1. The van der Waals surface area contributed by atoms with Crippen LogP contribution in [0.15, 0.2) is 16.0 Å². The fourth-order valence-electron chi connectivity index (χ4n) is 1.16. The van der Waals surface area contributed by atoms with Crippen molar-refractivity contribution in [1.82, 2.24) is 15.2 Å². The number of nitrogens with zero attached hydrogens (tertiary/aromatic N) is 3. The summed E-state index contributed by atoms with van der Waals surface area (Å²) in [4.78, 5) is 4.18. The predicted molar refractivity (Wildman–Crippen MR) is 63.0 cm³/mol. The number of thiazole rings is 1. The lowest BCUT2D eigenvalue weighted by Gasteiger charge is -1.97. The number of anilines is 1. The first-order valence-electron chi connectivity index (χ1n) is 4.89. The van der Waals surface area contributed by atoms with Gasteiger partial charge in [0.2, 0.25) is 5.89 Å². The van der Waals surface area contributed by atoms with Crippen LogP contribution in [0.1, 0.15) is 10.9 Å². The van der Waals surface area contributed by atoms with E-state index in [1.54, 1.807) is 17.5 Å². The Kier molecular flexibility index (Phi) is 4.12. The highest BCUT2D eigenvalue weighted by Crippen LogP contribution is 2.08. The zero-order valence-corrected chi connectivity index (χ0v) is 10.1. The Morgan fingerprint density at radius 2 is 2.31 bits per heavy atom. The van der Waals surface area contributed by atoms with Crippen molar-refractivity contribution in [2.45, 2.75) is 12.8 Å². The number of rotatable bonds is 6. The van der Waals surface area contributed by atoms with Crippen LogP contribution >= 0.6 is 22.9 Å². The Balaban J connectivity index is 1.76. The quantitative estimate of drug-likeness (QED) is 0.803. The highest BCUT2D eigenvalue weighted by atomic mass is 35.5. The zero-order valence-electron chi connectivity index (χ0n) is 8.52. The van der Waals surface area contributed by atoms with E-state index in [4.69, 9.17) is 16.0 Å². The average Bonchev–Trinajstić information content (AvgIpc) is 2.90. The molecule has 2 rings (SSSR count). The van der Waals surface area contributed by atoms with Gasteiger partial charge in [-0.1, -0.05) is 5.10 Å². The van der Waals surface area contributed by atoms with Crippen molar-refractivity contribution in [1.29, 1.82) is 0 Å². The molecule has 0 fully saturated rings. The van der Waals surface area contributed by atoms with Crippen molar-refractivity contribution in [3.63, 3.8) is 0 Å². The summed E-state index contributed by atoms with van der Waals surface area (Å²) in [5.41, 5.74) is 0. The van der Waals surface area contributed by atoms with Gasteiger partial charge in [-0.05, 0) is 0 Å². The Morgan fingerprint density at radius 3 is 3.06 bits per heavy atom. The van der Waals surface area contributed by atoms with Crippen molar-refractivity contribution in [3.8, 4) is 0 Å². The predicted octanol–water partition coefficient (Wildman–Crippen LogP) is 1.96. The van der Waals surface area contributed by atoms with Gasteiger partial charge in [0.15, 0.2) is 0 Å². The van der Waals surface area contributed by atoms with E-state index < -0.39 is 0 Å². The van der Waals surface area contributed by atoms with Gasteiger partial charge in [0.25, 0.3) is 0 Å². The number of alkyl halides is 1. The third kappa shape index (κ3) is 3.18. The maximum Gasteiger partial charge on any atom is 0.315 e. The molecular formula is C9H11ClN4OS. The van der Waals surface area contributed by atoms with Gasteiger partial charge >= 0.3 is 6.01 Å². The molecule has 0 spiro atoms. The van der Waals surface area contributed by atoms with Gasteiger partial charge < -0.3 is 9.73 Å². The lowest BCUT2D eigenvalue weighted by atomic mass is 10.4. The second-order valence-electron chi connectivity index (χ2n) is 3.04.